The molecule has 0 spiro atoms. The van der Waals surface area contributed by atoms with Gasteiger partial charge in [0.15, 0.2) is 0 Å². The monoisotopic (exact) mass is 373 g/mol. The van der Waals surface area contributed by atoms with Gasteiger partial charge in [-0.1, -0.05) is 24.3 Å². The minimum Gasteiger partial charge on any atom is -0.507 e. The molecule has 2 amide bonds. The first-order chi connectivity index (χ1) is 12.6. The Morgan fingerprint density at radius 3 is 1.70 bits per heavy atom. The number of aromatic hydroxyl groups is 2. The third-order valence-electron chi connectivity index (χ3n) is 3.68. The van der Waals surface area contributed by atoms with Gasteiger partial charge in [0.25, 0.3) is 11.8 Å². The second kappa shape index (κ2) is 9.59. The van der Waals surface area contributed by atoms with Gasteiger partial charge in [-0.15, -0.1) is 0 Å². The lowest BCUT2D eigenvalue weighted by Gasteiger charge is -2.13. The molecule has 3 N–H and O–H groups in total. The number of phenols is 2. The number of phenolic OH excluding ortho intramolecular Hbond substituents is 2. The molecule has 146 valence electrons. The highest BCUT2D eigenvalue weighted by atomic mass is 16.3. The SMILES string of the molecule is Cc1cccc(C(=O)N(C)C)c1O.Cc1cccc(C(=O)NN(C)C)c1O. The van der Waals surface area contributed by atoms with E-state index in [0.29, 0.717) is 22.3 Å². The number of hydrogen-bond acceptors (Lipinski definition) is 5. The van der Waals surface area contributed by atoms with Crippen molar-refractivity contribution >= 4 is 11.8 Å². The number of carbonyl (C=O) groups is 2. The zero-order valence-corrected chi connectivity index (χ0v) is 16.6. The highest BCUT2D eigenvalue weighted by Gasteiger charge is 2.13. The minimum atomic E-state index is -0.309. The van der Waals surface area contributed by atoms with Crippen LogP contribution in [0.2, 0.25) is 0 Å². The van der Waals surface area contributed by atoms with Crippen LogP contribution in [0, 0.1) is 13.8 Å². The van der Waals surface area contributed by atoms with Crippen molar-refractivity contribution in [1.82, 2.24) is 15.3 Å². The standard InChI is InChI=1S/C10H14N2O2.C10H13NO2/c1-7-5-4-6-8(9(7)13)10(14)11-12(2)3;1-7-5-4-6-8(9(7)12)10(13)11(2)3/h4-6,13H,1-3H3,(H,11,14);4-6,12H,1-3H3. The highest BCUT2D eigenvalue weighted by Crippen LogP contribution is 2.22. The summed E-state index contributed by atoms with van der Waals surface area (Å²) < 4.78 is 0. The molecule has 2 aromatic carbocycles. The van der Waals surface area contributed by atoms with Crippen molar-refractivity contribution < 1.29 is 19.8 Å². The minimum absolute atomic E-state index is 0.0341. The topological polar surface area (TPSA) is 93.1 Å². The van der Waals surface area contributed by atoms with E-state index in [2.05, 4.69) is 5.43 Å². The van der Waals surface area contributed by atoms with E-state index in [-0.39, 0.29) is 23.3 Å². The Morgan fingerprint density at radius 2 is 1.26 bits per heavy atom. The lowest BCUT2D eigenvalue weighted by atomic mass is 10.1. The Balaban J connectivity index is 0.000000271. The second-order valence-corrected chi connectivity index (χ2v) is 6.48. The summed E-state index contributed by atoms with van der Waals surface area (Å²) in [5, 5.41) is 20.7. The molecule has 0 saturated heterocycles. The molecule has 0 atom stereocenters. The van der Waals surface area contributed by atoms with Gasteiger partial charge in [-0.05, 0) is 37.1 Å². The van der Waals surface area contributed by atoms with Crippen molar-refractivity contribution in [2.45, 2.75) is 13.8 Å². The molecular weight excluding hydrogens is 346 g/mol. The van der Waals surface area contributed by atoms with E-state index in [1.165, 1.54) is 9.91 Å². The van der Waals surface area contributed by atoms with Crippen LogP contribution >= 0.6 is 0 Å². The van der Waals surface area contributed by atoms with E-state index in [1.807, 2.05) is 0 Å². The molecule has 7 heteroatoms. The van der Waals surface area contributed by atoms with E-state index in [0.717, 1.165) is 0 Å². The molecule has 27 heavy (non-hydrogen) atoms. The van der Waals surface area contributed by atoms with Crippen LogP contribution in [0.4, 0.5) is 0 Å². The number of hydrazine groups is 1. The van der Waals surface area contributed by atoms with Gasteiger partial charge in [-0.2, -0.15) is 0 Å². The van der Waals surface area contributed by atoms with Crippen molar-refractivity contribution in [3.05, 3.63) is 58.7 Å². The van der Waals surface area contributed by atoms with Crippen LogP contribution in [-0.2, 0) is 0 Å². The van der Waals surface area contributed by atoms with E-state index in [9.17, 15) is 19.8 Å². The van der Waals surface area contributed by atoms with E-state index < -0.39 is 0 Å². The summed E-state index contributed by atoms with van der Waals surface area (Å²) >= 11 is 0. The predicted octanol–water partition coefficient (Wildman–Crippen LogP) is 2.31. The largest absolute Gasteiger partial charge is 0.507 e. The number of nitrogens with zero attached hydrogens (tertiary/aromatic N) is 2. The molecule has 0 aliphatic carbocycles. The fourth-order valence-electron chi connectivity index (χ4n) is 2.18. The molecule has 0 aromatic heterocycles. The number of amides is 2. The molecule has 0 bridgehead atoms. The van der Waals surface area contributed by atoms with Gasteiger partial charge < -0.3 is 15.1 Å². The molecule has 0 radical (unpaired) electrons. The van der Waals surface area contributed by atoms with Gasteiger partial charge in [0.1, 0.15) is 11.5 Å². The van der Waals surface area contributed by atoms with Crippen molar-refractivity contribution in [1.29, 1.82) is 0 Å². The van der Waals surface area contributed by atoms with Crippen LogP contribution in [0.3, 0.4) is 0 Å². The van der Waals surface area contributed by atoms with Crippen molar-refractivity contribution in [3.63, 3.8) is 0 Å². The number of nitrogens with one attached hydrogen (secondary N) is 1. The average Bonchev–Trinajstić information content (AvgIpc) is 2.59. The number of rotatable bonds is 3. The Bertz CT molecular complexity index is 817. The molecule has 0 fully saturated rings. The summed E-state index contributed by atoms with van der Waals surface area (Å²) in [4.78, 5) is 24.4. The predicted molar refractivity (Wildman–Crippen MR) is 105 cm³/mol. The fourth-order valence-corrected chi connectivity index (χ4v) is 2.18. The second-order valence-electron chi connectivity index (χ2n) is 6.48. The number of hydrogen-bond donors (Lipinski definition) is 3. The maximum Gasteiger partial charge on any atom is 0.269 e. The third kappa shape index (κ3) is 6.00. The van der Waals surface area contributed by atoms with Gasteiger partial charge >= 0.3 is 0 Å². The lowest BCUT2D eigenvalue weighted by molar-refractivity contribution is 0.0822. The number of carbonyl (C=O) groups excluding carboxylic acids is 2. The molecule has 2 rings (SSSR count). The van der Waals surface area contributed by atoms with Crippen molar-refractivity contribution in [2.24, 2.45) is 0 Å². The molecule has 7 nitrogen and oxygen atoms in total. The fraction of sp³-hybridized carbons (Fsp3) is 0.300. The van der Waals surface area contributed by atoms with Crippen LogP contribution < -0.4 is 5.43 Å². The van der Waals surface area contributed by atoms with Crippen LogP contribution in [0.5, 0.6) is 11.5 Å². The maximum absolute atomic E-state index is 11.5. The summed E-state index contributed by atoms with van der Waals surface area (Å²) in [6.45, 7) is 3.52. The normalized spacial score (nSPS) is 10.0. The number of aryl methyl sites for hydroxylation is 2. The van der Waals surface area contributed by atoms with Crippen LogP contribution in [0.25, 0.3) is 0 Å². The summed E-state index contributed by atoms with van der Waals surface area (Å²) in [7, 11) is 6.74. The average molecular weight is 373 g/mol. The highest BCUT2D eigenvalue weighted by molar-refractivity contribution is 5.97. The molecule has 0 aliphatic rings. The molecule has 0 heterocycles. The lowest BCUT2D eigenvalue weighted by Crippen LogP contribution is -2.36. The van der Waals surface area contributed by atoms with Gasteiger partial charge in [-0.25, -0.2) is 5.01 Å². The first kappa shape index (κ1) is 22.0. The van der Waals surface area contributed by atoms with E-state index in [4.69, 9.17) is 0 Å². The van der Waals surface area contributed by atoms with Gasteiger partial charge in [0.2, 0.25) is 0 Å². The number of para-hydroxylation sites is 2. The molecule has 2 aromatic rings. The smallest absolute Gasteiger partial charge is 0.269 e. The van der Waals surface area contributed by atoms with Gasteiger partial charge in [0.05, 0.1) is 11.1 Å². The van der Waals surface area contributed by atoms with Crippen LogP contribution in [0.1, 0.15) is 31.8 Å². The first-order valence-electron chi connectivity index (χ1n) is 8.33. The zero-order chi connectivity index (χ0) is 20.7. The summed E-state index contributed by atoms with van der Waals surface area (Å²) in [5.41, 5.74) is 4.61. The maximum atomic E-state index is 11.5. The number of benzene rings is 2. The first-order valence-corrected chi connectivity index (χ1v) is 8.33. The Labute approximate surface area is 159 Å². The molecule has 0 saturated carbocycles. The Kier molecular flexibility index (Phi) is 7.80. The summed E-state index contributed by atoms with van der Waals surface area (Å²) in [6, 6.07) is 10.2. The van der Waals surface area contributed by atoms with Gasteiger partial charge in [0, 0.05) is 28.2 Å². The summed E-state index contributed by atoms with van der Waals surface area (Å²) in [6.07, 6.45) is 0. The quantitative estimate of drug-likeness (QED) is 0.718. The Morgan fingerprint density at radius 1 is 0.815 bits per heavy atom. The molecule has 0 unspecified atom stereocenters. The van der Waals surface area contributed by atoms with Crippen molar-refractivity contribution in [3.8, 4) is 11.5 Å². The van der Waals surface area contributed by atoms with E-state index >= 15 is 0 Å². The molecule has 0 aliphatic heterocycles. The molecular formula is C20H27N3O4. The van der Waals surface area contributed by atoms with Crippen LogP contribution in [-0.4, -0.2) is 60.1 Å². The third-order valence-corrected chi connectivity index (χ3v) is 3.68. The van der Waals surface area contributed by atoms with Crippen molar-refractivity contribution in [2.75, 3.05) is 28.2 Å². The van der Waals surface area contributed by atoms with Gasteiger partial charge in [-0.3, -0.25) is 15.0 Å². The zero-order valence-electron chi connectivity index (χ0n) is 16.6. The summed E-state index contributed by atoms with van der Waals surface area (Å²) in [5.74, 6) is -0.384. The van der Waals surface area contributed by atoms with E-state index in [1.54, 1.807) is 78.4 Å². The van der Waals surface area contributed by atoms with Crippen LogP contribution in [0.15, 0.2) is 36.4 Å². The Hall–Kier alpha value is -3.06.